The predicted molar refractivity (Wildman–Crippen MR) is 91.0 cm³/mol. The van der Waals surface area contributed by atoms with E-state index in [9.17, 15) is 0 Å². The maximum Gasteiger partial charge on any atom is 0.214 e. The van der Waals surface area contributed by atoms with Crippen LogP contribution in [-0.4, -0.2) is 40.9 Å². The third-order valence-corrected chi connectivity index (χ3v) is 5.13. The molecule has 1 atom stereocenters. The Kier molecular flexibility index (Phi) is 4.41. The van der Waals surface area contributed by atoms with Crippen LogP contribution in [0.2, 0.25) is 0 Å². The first kappa shape index (κ1) is 15.7. The van der Waals surface area contributed by atoms with Crippen LogP contribution in [0.15, 0.2) is 6.20 Å². The number of rotatable bonds is 4. The highest BCUT2D eigenvalue weighted by Crippen LogP contribution is 2.30. The average Bonchev–Trinajstić information content (AvgIpc) is 3.03. The molecule has 0 radical (unpaired) electrons. The van der Waals surface area contributed by atoms with Gasteiger partial charge in [-0.3, -0.25) is 0 Å². The van der Waals surface area contributed by atoms with E-state index >= 15 is 0 Å². The Morgan fingerprint density at radius 1 is 1.41 bits per heavy atom. The largest absolute Gasteiger partial charge is 0.381 e. The normalized spacial score (nSPS) is 20.0. The zero-order valence-corrected chi connectivity index (χ0v) is 14.8. The van der Waals surface area contributed by atoms with Crippen LogP contribution >= 0.6 is 11.3 Å². The van der Waals surface area contributed by atoms with Crippen LogP contribution in [-0.2, 0) is 10.2 Å². The van der Waals surface area contributed by atoms with Gasteiger partial charge in [-0.2, -0.15) is 0 Å². The third-order valence-electron chi connectivity index (χ3n) is 4.15. The van der Waals surface area contributed by atoms with E-state index in [2.05, 4.69) is 38.8 Å². The van der Waals surface area contributed by atoms with E-state index in [0.29, 0.717) is 5.92 Å². The van der Waals surface area contributed by atoms with Gasteiger partial charge >= 0.3 is 0 Å². The van der Waals surface area contributed by atoms with Gasteiger partial charge in [0.05, 0.1) is 18.5 Å². The highest BCUT2D eigenvalue weighted by Gasteiger charge is 2.24. The van der Waals surface area contributed by atoms with Gasteiger partial charge in [0.2, 0.25) is 10.1 Å². The van der Waals surface area contributed by atoms with Crippen LogP contribution in [0.4, 0.5) is 5.13 Å². The Bertz CT molecular complexity index is 596. The van der Waals surface area contributed by atoms with Gasteiger partial charge in [-0.05, 0) is 25.7 Å². The Morgan fingerprint density at radius 3 is 2.91 bits per heavy atom. The number of piperidine rings is 1. The lowest BCUT2D eigenvalue weighted by Crippen LogP contribution is -2.37. The number of nitrogens with zero attached hydrogens (tertiary/aromatic N) is 4. The minimum atomic E-state index is 0.0707. The molecular weight excluding hydrogens is 296 g/mol. The summed E-state index contributed by atoms with van der Waals surface area (Å²) < 4.78 is 7.53. The summed E-state index contributed by atoms with van der Waals surface area (Å²) in [7, 11) is 0. The number of hydrogen-bond acceptors (Lipinski definition) is 5. The number of anilines is 1. The number of hydrogen-bond donors (Lipinski definition) is 0. The molecule has 6 heteroatoms. The van der Waals surface area contributed by atoms with E-state index in [1.165, 1.54) is 12.8 Å². The molecule has 3 heterocycles. The second kappa shape index (κ2) is 6.16. The molecule has 1 saturated heterocycles. The van der Waals surface area contributed by atoms with Crippen LogP contribution in [0.25, 0.3) is 4.96 Å². The second-order valence-corrected chi connectivity index (χ2v) is 8.04. The molecule has 22 heavy (non-hydrogen) atoms. The van der Waals surface area contributed by atoms with E-state index < -0.39 is 0 Å². The molecule has 0 aromatic carbocycles. The number of imidazole rings is 1. The van der Waals surface area contributed by atoms with Gasteiger partial charge in [0.25, 0.3) is 0 Å². The Morgan fingerprint density at radius 2 is 2.23 bits per heavy atom. The van der Waals surface area contributed by atoms with Crippen molar-refractivity contribution in [3.63, 3.8) is 0 Å². The van der Waals surface area contributed by atoms with Crippen molar-refractivity contribution in [2.75, 3.05) is 31.2 Å². The smallest absolute Gasteiger partial charge is 0.214 e. The van der Waals surface area contributed by atoms with Crippen molar-refractivity contribution in [3.8, 4) is 0 Å². The predicted octanol–water partition coefficient (Wildman–Crippen LogP) is 3.34. The topological polar surface area (TPSA) is 42.7 Å². The van der Waals surface area contributed by atoms with Crippen LogP contribution in [0, 0.1) is 5.92 Å². The summed E-state index contributed by atoms with van der Waals surface area (Å²) in [5, 5.41) is 5.83. The van der Waals surface area contributed by atoms with Gasteiger partial charge < -0.3 is 9.64 Å². The van der Waals surface area contributed by atoms with Crippen LogP contribution < -0.4 is 4.90 Å². The fourth-order valence-electron chi connectivity index (χ4n) is 2.84. The van der Waals surface area contributed by atoms with Crippen molar-refractivity contribution in [2.24, 2.45) is 5.92 Å². The Hall–Kier alpha value is -1.14. The molecule has 0 N–H and O–H groups in total. The first-order valence-electron chi connectivity index (χ1n) is 8.16. The molecule has 1 aliphatic heterocycles. The standard InChI is InChI=1S/C16H26N4OS/c1-5-21-11-12-7-6-8-19(9-12)15-18-20-10-13(16(2,3)4)17-14(20)22-15/h10,12H,5-9,11H2,1-4H3. The highest BCUT2D eigenvalue weighted by molar-refractivity contribution is 7.20. The summed E-state index contributed by atoms with van der Waals surface area (Å²) >= 11 is 1.69. The van der Waals surface area contributed by atoms with Crippen LogP contribution in [0.1, 0.15) is 46.2 Å². The molecule has 0 aliphatic carbocycles. The van der Waals surface area contributed by atoms with Gasteiger partial charge in [0, 0.05) is 25.1 Å². The van der Waals surface area contributed by atoms with Crippen LogP contribution in [0.5, 0.6) is 0 Å². The minimum absolute atomic E-state index is 0.0707. The van der Waals surface area contributed by atoms with Crippen molar-refractivity contribution in [1.29, 1.82) is 0 Å². The molecule has 2 aromatic heterocycles. The van der Waals surface area contributed by atoms with Crippen molar-refractivity contribution in [3.05, 3.63) is 11.9 Å². The first-order valence-corrected chi connectivity index (χ1v) is 8.98. The van der Waals surface area contributed by atoms with E-state index in [1.807, 2.05) is 4.52 Å². The Balaban J connectivity index is 1.74. The monoisotopic (exact) mass is 322 g/mol. The van der Waals surface area contributed by atoms with E-state index in [4.69, 9.17) is 14.8 Å². The van der Waals surface area contributed by atoms with Gasteiger partial charge in [-0.15, -0.1) is 5.10 Å². The summed E-state index contributed by atoms with van der Waals surface area (Å²) in [4.78, 5) is 8.12. The fraction of sp³-hybridized carbons (Fsp3) is 0.750. The van der Waals surface area contributed by atoms with Crippen molar-refractivity contribution in [2.45, 2.75) is 46.0 Å². The SMILES string of the molecule is CCOCC1CCCN(c2nn3cc(C(C)(C)C)nc3s2)C1. The molecule has 1 fully saturated rings. The maximum atomic E-state index is 5.59. The molecular formula is C16H26N4OS. The number of ether oxygens (including phenoxy) is 1. The summed E-state index contributed by atoms with van der Waals surface area (Å²) in [6, 6.07) is 0. The number of fused-ring (bicyclic) bond motifs is 1. The molecule has 1 aliphatic rings. The zero-order valence-electron chi connectivity index (χ0n) is 14.0. The molecule has 1 unspecified atom stereocenters. The first-order chi connectivity index (χ1) is 10.5. The highest BCUT2D eigenvalue weighted by atomic mass is 32.1. The summed E-state index contributed by atoms with van der Waals surface area (Å²) in [5.74, 6) is 0.620. The molecule has 0 amide bonds. The van der Waals surface area contributed by atoms with Gasteiger partial charge in [0.15, 0.2) is 0 Å². The maximum absolute atomic E-state index is 5.59. The van der Waals surface area contributed by atoms with E-state index in [-0.39, 0.29) is 5.41 Å². The van der Waals surface area contributed by atoms with Crippen LogP contribution in [0.3, 0.4) is 0 Å². The zero-order chi connectivity index (χ0) is 15.7. The third kappa shape index (κ3) is 3.27. The van der Waals surface area contributed by atoms with Crippen molar-refractivity contribution < 1.29 is 4.74 Å². The molecule has 3 rings (SSSR count). The van der Waals surface area contributed by atoms with Gasteiger partial charge in [-0.25, -0.2) is 9.50 Å². The van der Waals surface area contributed by atoms with Crippen molar-refractivity contribution in [1.82, 2.24) is 14.6 Å². The summed E-state index contributed by atoms with van der Waals surface area (Å²) in [6.45, 7) is 12.4. The number of aromatic nitrogens is 3. The molecule has 2 aromatic rings. The van der Waals surface area contributed by atoms with Gasteiger partial charge in [-0.1, -0.05) is 32.1 Å². The van der Waals surface area contributed by atoms with E-state index in [1.54, 1.807) is 11.3 Å². The fourth-order valence-corrected chi connectivity index (χ4v) is 3.76. The average molecular weight is 322 g/mol. The Labute approximate surface area is 136 Å². The lowest BCUT2D eigenvalue weighted by molar-refractivity contribution is 0.104. The molecule has 0 bridgehead atoms. The lowest BCUT2D eigenvalue weighted by atomic mass is 9.93. The summed E-state index contributed by atoms with van der Waals surface area (Å²) in [5.41, 5.74) is 1.17. The molecule has 0 saturated carbocycles. The second-order valence-electron chi connectivity index (χ2n) is 7.10. The van der Waals surface area contributed by atoms with E-state index in [0.717, 1.165) is 42.1 Å². The minimum Gasteiger partial charge on any atom is -0.381 e. The molecule has 122 valence electrons. The summed E-state index contributed by atoms with van der Waals surface area (Å²) in [6.07, 6.45) is 4.54. The molecule has 0 spiro atoms. The quantitative estimate of drug-likeness (QED) is 0.866. The molecule has 5 nitrogen and oxygen atoms in total. The van der Waals surface area contributed by atoms with Gasteiger partial charge in [0.1, 0.15) is 0 Å². The lowest BCUT2D eigenvalue weighted by Gasteiger charge is -2.32. The van der Waals surface area contributed by atoms with Crippen molar-refractivity contribution >= 4 is 21.4 Å².